The van der Waals surface area contributed by atoms with Crippen LogP contribution < -0.4 is 4.90 Å². The molecule has 0 bridgehead atoms. The molecule has 1 amide bonds. The molecule has 1 aliphatic rings. The zero-order chi connectivity index (χ0) is 20.1. The highest BCUT2D eigenvalue weighted by Gasteiger charge is 2.22. The van der Waals surface area contributed by atoms with E-state index in [4.69, 9.17) is 4.74 Å². The van der Waals surface area contributed by atoms with Gasteiger partial charge in [-0.2, -0.15) is 0 Å². The van der Waals surface area contributed by atoms with Crippen molar-refractivity contribution in [2.45, 2.75) is 18.2 Å². The Morgan fingerprint density at radius 3 is 2.57 bits per heavy atom. The number of aryl methyl sites for hydroxylation is 1. The van der Waals surface area contributed by atoms with Crippen molar-refractivity contribution in [1.29, 1.82) is 0 Å². The largest absolute Gasteiger partial charge is 0.384 e. The number of rotatable bonds is 6. The quantitative estimate of drug-likeness (QED) is 0.709. The second-order valence-electron chi connectivity index (χ2n) is 6.74. The van der Waals surface area contributed by atoms with Crippen molar-refractivity contribution in [2.75, 3.05) is 50.5 Å². The molecule has 0 saturated carbocycles. The Bertz CT molecular complexity index is 910. The van der Waals surface area contributed by atoms with Crippen molar-refractivity contribution in [2.24, 2.45) is 0 Å². The van der Waals surface area contributed by atoms with E-state index in [1.165, 1.54) is 19.2 Å². The van der Waals surface area contributed by atoms with Crippen molar-refractivity contribution in [3.05, 3.63) is 40.9 Å². The summed E-state index contributed by atoms with van der Waals surface area (Å²) < 4.78 is 29.3. The minimum absolute atomic E-state index is 0.0713. The summed E-state index contributed by atoms with van der Waals surface area (Å²) in [5.74, 6) is -0.146. The number of thiazole rings is 1. The average Bonchev–Trinajstić information content (AvgIpc) is 2.98. The maximum atomic E-state index is 12.9. The smallest absolute Gasteiger partial charge is 0.253 e. The van der Waals surface area contributed by atoms with Crippen LogP contribution in [0.2, 0.25) is 0 Å². The van der Waals surface area contributed by atoms with Gasteiger partial charge in [0.25, 0.3) is 5.91 Å². The van der Waals surface area contributed by atoms with Gasteiger partial charge in [-0.25, -0.2) is 13.4 Å². The second kappa shape index (κ2) is 9.02. The van der Waals surface area contributed by atoms with E-state index in [-0.39, 0.29) is 23.2 Å². The molecule has 9 heteroatoms. The van der Waals surface area contributed by atoms with Crippen LogP contribution in [0.5, 0.6) is 0 Å². The number of carbonyl (C=O) groups is 1. The zero-order valence-electron chi connectivity index (χ0n) is 16.1. The normalized spacial score (nSPS) is 15.5. The number of methoxy groups -OCH3 is 1. The minimum Gasteiger partial charge on any atom is -0.384 e. The van der Waals surface area contributed by atoms with Crippen LogP contribution in [0.3, 0.4) is 0 Å². The summed E-state index contributed by atoms with van der Waals surface area (Å²) in [4.78, 5) is 21.6. The third-order valence-electron chi connectivity index (χ3n) is 4.68. The van der Waals surface area contributed by atoms with Crippen molar-refractivity contribution < 1.29 is 17.9 Å². The van der Waals surface area contributed by atoms with Crippen LogP contribution >= 0.6 is 11.3 Å². The van der Waals surface area contributed by atoms with Gasteiger partial charge in [-0.15, -0.1) is 11.3 Å². The van der Waals surface area contributed by atoms with Crippen molar-refractivity contribution in [3.63, 3.8) is 0 Å². The first-order valence-electron chi connectivity index (χ1n) is 9.19. The highest BCUT2D eigenvalue weighted by molar-refractivity contribution is 7.91. The van der Waals surface area contributed by atoms with E-state index < -0.39 is 9.84 Å². The molecule has 2 heterocycles. The van der Waals surface area contributed by atoms with Gasteiger partial charge in [0.2, 0.25) is 0 Å². The molecule has 7 nitrogen and oxygen atoms in total. The van der Waals surface area contributed by atoms with Crippen LogP contribution in [0.1, 0.15) is 22.5 Å². The molecule has 1 fully saturated rings. The average molecular weight is 424 g/mol. The summed E-state index contributed by atoms with van der Waals surface area (Å²) in [5.41, 5.74) is 1.52. The number of hydrogen-bond donors (Lipinski definition) is 0. The number of anilines is 1. The van der Waals surface area contributed by atoms with E-state index in [2.05, 4.69) is 9.88 Å². The third-order valence-corrected chi connectivity index (χ3v) is 7.39. The highest BCUT2D eigenvalue weighted by atomic mass is 32.2. The van der Waals surface area contributed by atoms with Gasteiger partial charge in [0.1, 0.15) is 0 Å². The van der Waals surface area contributed by atoms with Gasteiger partial charge in [-0.05, 0) is 37.6 Å². The summed E-state index contributed by atoms with van der Waals surface area (Å²) in [7, 11) is -1.93. The molecule has 0 atom stereocenters. The molecule has 28 heavy (non-hydrogen) atoms. The molecule has 2 aromatic rings. The predicted molar refractivity (Wildman–Crippen MR) is 110 cm³/mol. The molecule has 152 valence electrons. The fourth-order valence-corrected chi connectivity index (χ4v) is 5.13. The first kappa shape index (κ1) is 20.8. The fraction of sp³-hybridized carbons (Fsp3) is 0.474. The minimum atomic E-state index is -3.39. The lowest BCUT2D eigenvalue weighted by molar-refractivity contribution is 0.0767. The SMILES string of the molecule is COCCS(=O)(=O)c1ccc(C(=O)N2CCCN(c3nc(C)cs3)CC2)cc1. The first-order chi connectivity index (χ1) is 13.4. The van der Waals surface area contributed by atoms with Crippen molar-refractivity contribution >= 4 is 32.2 Å². The topological polar surface area (TPSA) is 79.8 Å². The van der Waals surface area contributed by atoms with Crippen molar-refractivity contribution in [3.8, 4) is 0 Å². The first-order valence-corrected chi connectivity index (χ1v) is 11.7. The third kappa shape index (κ3) is 4.89. The van der Waals surface area contributed by atoms with Gasteiger partial charge in [0.05, 0.1) is 22.9 Å². The lowest BCUT2D eigenvalue weighted by Gasteiger charge is -2.22. The molecule has 3 rings (SSSR count). The number of carbonyl (C=O) groups excluding carboxylic acids is 1. The number of sulfone groups is 1. The van der Waals surface area contributed by atoms with E-state index in [9.17, 15) is 13.2 Å². The number of nitrogens with zero attached hydrogens (tertiary/aromatic N) is 3. The second-order valence-corrected chi connectivity index (χ2v) is 9.69. The van der Waals surface area contributed by atoms with Gasteiger partial charge in [0.15, 0.2) is 15.0 Å². The fourth-order valence-electron chi connectivity index (χ4n) is 3.10. The van der Waals surface area contributed by atoms with E-state index in [0.29, 0.717) is 18.7 Å². The Morgan fingerprint density at radius 1 is 1.18 bits per heavy atom. The zero-order valence-corrected chi connectivity index (χ0v) is 17.8. The molecule has 0 N–H and O–H groups in total. The Balaban J connectivity index is 1.65. The van der Waals surface area contributed by atoms with Crippen LogP contribution in [0.25, 0.3) is 0 Å². The van der Waals surface area contributed by atoms with Crippen molar-refractivity contribution in [1.82, 2.24) is 9.88 Å². The number of amides is 1. The summed E-state index contributed by atoms with van der Waals surface area (Å²) in [6, 6.07) is 6.19. The molecule has 0 radical (unpaired) electrons. The summed E-state index contributed by atoms with van der Waals surface area (Å²) in [6.45, 7) is 5.02. The van der Waals surface area contributed by atoms with Gasteiger partial charge < -0.3 is 14.5 Å². The van der Waals surface area contributed by atoms with Crippen LogP contribution in [0, 0.1) is 6.92 Å². The number of benzene rings is 1. The van der Waals surface area contributed by atoms with E-state index >= 15 is 0 Å². The van der Waals surface area contributed by atoms with Crippen LogP contribution in [-0.2, 0) is 14.6 Å². The van der Waals surface area contributed by atoms with Crippen LogP contribution in [0.15, 0.2) is 34.5 Å². The standard InChI is InChI=1S/C19H25N3O4S2/c1-15-14-27-19(20-15)22-9-3-8-21(10-11-22)18(23)16-4-6-17(7-5-16)28(24,25)13-12-26-2/h4-7,14H,3,8-13H2,1-2H3. The van der Waals surface area contributed by atoms with Gasteiger partial charge >= 0.3 is 0 Å². The molecule has 0 aliphatic carbocycles. The molecular formula is C19H25N3O4S2. The van der Waals surface area contributed by atoms with Crippen LogP contribution in [0.4, 0.5) is 5.13 Å². The molecule has 0 spiro atoms. The molecule has 1 aliphatic heterocycles. The molecule has 0 unspecified atom stereocenters. The maximum Gasteiger partial charge on any atom is 0.253 e. The summed E-state index contributed by atoms with van der Waals surface area (Å²) >= 11 is 1.63. The maximum absolute atomic E-state index is 12.9. The highest BCUT2D eigenvalue weighted by Crippen LogP contribution is 2.22. The molecule has 1 saturated heterocycles. The monoisotopic (exact) mass is 423 g/mol. The number of aromatic nitrogens is 1. The number of hydrogen-bond acceptors (Lipinski definition) is 7. The summed E-state index contributed by atoms with van der Waals surface area (Å²) in [5, 5.41) is 3.03. The summed E-state index contributed by atoms with van der Waals surface area (Å²) in [6.07, 6.45) is 0.869. The Morgan fingerprint density at radius 2 is 1.93 bits per heavy atom. The lowest BCUT2D eigenvalue weighted by atomic mass is 10.2. The van der Waals surface area contributed by atoms with Gasteiger partial charge in [-0.1, -0.05) is 0 Å². The Kier molecular flexibility index (Phi) is 6.69. The molecule has 1 aromatic carbocycles. The Labute approximate surface area is 169 Å². The van der Waals surface area contributed by atoms with E-state index in [1.54, 1.807) is 23.5 Å². The molecular weight excluding hydrogens is 398 g/mol. The number of ether oxygens (including phenoxy) is 1. The van der Waals surface area contributed by atoms with E-state index in [1.807, 2.05) is 17.2 Å². The van der Waals surface area contributed by atoms with Crippen LogP contribution in [-0.4, -0.2) is 69.9 Å². The lowest BCUT2D eigenvalue weighted by Crippen LogP contribution is -2.35. The molecule has 1 aromatic heterocycles. The van der Waals surface area contributed by atoms with E-state index in [0.717, 1.165) is 30.3 Å². The Hall–Kier alpha value is -1.97. The van der Waals surface area contributed by atoms with Gasteiger partial charge in [-0.3, -0.25) is 4.79 Å². The predicted octanol–water partition coefficient (Wildman–Crippen LogP) is 2.22. The van der Waals surface area contributed by atoms with Gasteiger partial charge in [0, 0.05) is 44.2 Å².